The number of thiazole rings is 1. The number of rotatable bonds is 5. The predicted octanol–water partition coefficient (Wildman–Crippen LogP) is 3.40. The van der Waals surface area contributed by atoms with Crippen LogP contribution in [-0.4, -0.2) is 30.0 Å². The highest BCUT2D eigenvalue weighted by Gasteiger charge is 2.20. The summed E-state index contributed by atoms with van der Waals surface area (Å²) in [4.78, 5) is 30.1. The fourth-order valence-electron chi connectivity index (χ4n) is 2.91. The summed E-state index contributed by atoms with van der Waals surface area (Å²) in [5, 5.41) is 6.63. The Morgan fingerprint density at radius 1 is 1.19 bits per heavy atom. The van der Waals surface area contributed by atoms with Gasteiger partial charge in [0, 0.05) is 37.3 Å². The average molecular weight is 366 g/mol. The number of para-hydroxylation sites is 1. The van der Waals surface area contributed by atoms with Crippen LogP contribution in [0.5, 0.6) is 0 Å². The first-order valence-electron chi connectivity index (χ1n) is 8.49. The molecule has 1 aromatic heterocycles. The zero-order chi connectivity index (χ0) is 17.9. The number of benzene rings is 2. The molecular formula is C19H18N4O2S. The number of nitrogens with zero attached hydrogens (tertiary/aromatic N) is 2. The Morgan fingerprint density at radius 3 is 2.73 bits per heavy atom. The maximum atomic E-state index is 12.2. The summed E-state index contributed by atoms with van der Waals surface area (Å²) in [5.41, 5.74) is 2.53. The van der Waals surface area contributed by atoms with E-state index in [0.717, 1.165) is 26.6 Å². The number of carbonyl (C=O) groups is 2. The van der Waals surface area contributed by atoms with Crippen LogP contribution in [0.25, 0.3) is 10.2 Å². The third kappa shape index (κ3) is 3.52. The minimum Gasteiger partial charge on any atom is -0.336 e. The molecule has 1 fully saturated rings. The molecule has 132 valence electrons. The molecule has 1 aliphatic heterocycles. The Hall–Kier alpha value is -2.93. The third-order valence-corrected chi connectivity index (χ3v) is 5.32. The number of fused-ring (bicyclic) bond motifs is 1. The van der Waals surface area contributed by atoms with Gasteiger partial charge in [0.2, 0.25) is 5.91 Å². The molecule has 2 heterocycles. The molecule has 0 bridgehead atoms. The van der Waals surface area contributed by atoms with E-state index in [0.29, 0.717) is 25.9 Å². The van der Waals surface area contributed by atoms with Gasteiger partial charge in [0.05, 0.1) is 15.2 Å². The lowest BCUT2D eigenvalue weighted by molar-refractivity contribution is -0.116. The predicted molar refractivity (Wildman–Crippen MR) is 104 cm³/mol. The molecule has 7 heteroatoms. The van der Waals surface area contributed by atoms with E-state index in [9.17, 15) is 9.59 Å². The Bertz CT molecular complexity index is 919. The zero-order valence-electron chi connectivity index (χ0n) is 14.1. The quantitative estimate of drug-likeness (QED) is 0.727. The molecular weight excluding hydrogens is 348 g/mol. The van der Waals surface area contributed by atoms with E-state index in [2.05, 4.69) is 15.6 Å². The van der Waals surface area contributed by atoms with Crippen molar-refractivity contribution in [3.05, 3.63) is 53.5 Å². The fourth-order valence-corrected chi connectivity index (χ4v) is 3.88. The van der Waals surface area contributed by atoms with Crippen LogP contribution in [0.1, 0.15) is 11.4 Å². The maximum absolute atomic E-state index is 12.2. The van der Waals surface area contributed by atoms with Gasteiger partial charge >= 0.3 is 6.03 Å². The van der Waals surface area contributed by atoms with Gasteiger partial charge in [-0.25, -0.2) is 9.78 Å². The Balaban J connectivity index is 1.33. The van der Waals surface area contributed by atoms with Crippen molar-refractivity contribution < 1.29 is 9.59 Å². The highest BCUT2D eigenvalue weighted by Crippen LogP contribution is 2.23. The van der Waals surface area contributed by atoms with Crippen LogP contribution in [0.15, 0.2) is 48.5 Å². The lowest BCUT2D eigenvalue weighted by Crippen LogP contribution is -2.27. The van der Waals surface area contributed by atoms with Crippen molar-refractivity contribution in [1.29, 1.82) is 0 Å². The van der Waals surface area contributed by atoms with E-state index < -0.39 is 0 Å². The van der Waals surface area contributed by atoms with E-state index in [1.807, 2.05) is 48.5 Å². The second kappa shape index (κ2) is 7.13. The van der Waals surface area contributed by atoms with Crippen molar-refractivity contribution in [1.82, 2.24) is 10.3 Å². The summed E-state index contributed by atoms with van der Waals surface area (Å²) in [6.07, 6.45) is 1.01. The summed E-state index contributed by atoms with van der Waals surface area (Å²) >= 11 is 1.63. The third-order valence-electron chi connectivity index (χ3n) is 4.22. The second-order valence-corrected chi connectivity index (χ2v) is 7.17. The van der Waals surface area contributed by atoms with Gasteiger partial charge in [-0.1, -0.05) is 12.1 Å². The molecule has 0 aliphatic carbocycles. The minimum atomic E-state index is -0.0855. The first-order valence-corrected chi connectivity index (χ1v) is 9.30. The molecule has 26 heavy (non-hydrogen) atoms. The molecule has 2 aromatic carbocycles. The van der Waals surface area contributed by atoms with Gasteiger partial charge in [0.15, 0.2) is 0 Å². The van der Waals surface area contributed by atoms with E-state index in [-0.39, 0.29) is 11.9 Å². The summed E-state index contributed by atoms with van der Waals surface area (Å²) in [5.74, 6) is -0.0454. The molecule has 1 saturated heterocycles. The van der Waals surface area contributed by atoms with Crippen LogP contribution in [0.3, 0.4) is 0 Å². The smallest absolute Gasteiger partial charge is 0.321 e. The van der Waals surface area contributed by atoms with Crippen LogP contribution >= 0.6 is 11.3 Å². The number of hydrogen-bond acceptors (Lipinski definition) is 4. The fraction of sp³-hybridized carbons (Fsp3) is 0.211. The van der Waals surface area contributed by atoms with Gasteiger partial charge in [0.1, 0.15) is 0 Å². The molecule has 0 spiro atoms. The number of carbonyl (C=O) groups excluding carboxylic acids is 2. The number of hydrogen-bond donors (Lipinski definition) is 2. The van der Waals surface area contributed by atoms with Gasteiger partial charge in [-0.05, 0) is 36.4 Å². The number of amides is 3. The molecule has 0 radical (unpaired) electrons. The van der Waals surface area contributed by atoms with Crippen LogP contribution in [0.2, 0.25) is 0 Å². The van der Waals surface area contributed by atoms with Crippen molar-refractivity contribution in [2.45, 2.75) is 12.8 Å². The van der Waals surface area contributed by atoms with E-state index in [4.69, 9.17) is 0 Å². The second-order valence-electron chi connectivity index (χ2n) is 6.05. The highest BCUT2D eigenvalue weighted by atomic mass is 32.1. The van der Waals surface area contributed by atoms with Gasteiger partial charge in [-0.15, -0.1) is 11.3 Å². The van der Waals surface area contributed by atoms with Crippen LogP contribution < -0.4 is 15.5 Å². The first kappa shape index (κ1) is 16.5. The van der Waals surface area contributed by atoms with E-state index >= 15 is 0 Å². The number of aromatic nitrogens is 1. The Kier molecular flexibility index (Phi) is 4.53. The number of urea groups is 1. The standard InChI is InChI=1S/C19H18N4O2S/c24-17(9-10-18-22-15-3-1-2-4-16(15)26-18)21-13-5-7-14(8-6-13)23-12-11-20-19(23)25/h1-8H,9-12H2,(H,20,25)(H,21,24). The SMILES string of the molecule is O=C(CCc1nc2ccccc2s1)Nc1ccc(N2CCNC2=O)cc1. The van der Waals surface area contributed by atoms with Crippen molar-refractivity contribution in [2.75, 3.05) is 23.3 Å². The molecule has 1 aliphatic rings. The summed E-state index contributed by atoms with van der Waals surface area (Å²) in [7, 11) is 0. The molecule has 3 aromatic rings. The molecule has 0 saturated carbocycles. The van der Waals surface area contributed by atoms with Gasteiger partial charge < -0.3 is 10.6 Å². The molecule has 3 amide bonds. The molecule has 0 atom stereocenters. The van der Waals surface area contributed by atoms with E-state index in [1.165, 1.54) is 0 Å². The van der Waals surface area contributed by atoms with Crippen molar-refractivity contribution in [3.63, 3.8) is 0 Å². The van der Waals surface area contributed by atoms with Crippen LogP contribution in [-0.2, 0) is 11.2 Å². The molecule has 0 unspecified atom stereocenters. The summed E-state index contributed by atoms with van der Waals surface area (Å²) in [6.45, 7) is 1.32. The lowest BCUT2D eigenvalue weighted by atomic mass is 10.2. The van der Waals surface area contributed by atoms with Crippen molar-refractivity contribution in [2.24, 2.45) is 0 Å². The lowest BCUT2D eigenvalue weighted by Gasteiger charge is -2.14. The summed E-state index contributed by atoms with van der Waals surface area (Å²) in [6, 6.07) is 15.2. The Labute approximate surface area is 154 Å². The minimum absolute atomic E-state index is 0.0454. The molecule has 2 N–H and O–H groups in total. The number of aryl methyl sites for hydroxylation is 1. The first-order chi connectivity index (χ1) is 12.7. The molecule has 4 rings (SSSR count). The number of anilines is 2. The summed E-state index contributed by atoms with van der Waals surface area (Å²) < 4.78 is 1.14. The van der Waals surface area contributed by atoms with Gasteiger partial charge in [-0.3, -0.25) is 9.69 Å². The van der Waals surface area contributed by atoms with Crippen LogP contribution in [0.4, 0.5) is 16.2 Å². The Morgan fingerprint density at radius 2 is 2.00 bits per heavy atom. The largest absolute Gasteiger partial charge is 0.336 e. The topological polar surface area (TPSA) is 74.3 Å². The van der Waals surface area contributed by atoms with Gasteiger partial charge in [0.25, 0.3) is 0 Å². The maximum Gasteiger partial charge on any atom is 0.321 e. The van der Waals surface area contributed by atoms with Gasteiger partial charge in [-0.2, -0.15) is 0 Å². The van der Waals surface area contributed by atoms with Crippen molar-refractivity contribution in [3.8, 4) is 0 Å². The van der Waals surface area contributed by atoms with E-state index in [1.54, 1.807) is 16.2 Å². The monoisotopic (exact) mass is 366 g/mol. The highest BCUT2D eigenvalue weighted by molar-refractivity contribution is 7.18. The normalized spacial score (nSPS) is 13.8. The van der Waals surface area contributed by atoms with Crippen molar-refractivity contribution >= 4 is 44.9 Å². The zero-order valence-corrected chi connectivity index (χ0v) is 14.9. The van der Waals surface area contributed by atoms with Crippen LogP contribution in [0, 0.1) is 0 Å². The molecule has 6 nitrogen and oxygen atoms in total. The average Bonchev–Trinajstić information content (AvgIpc) is 3.26. The number of nitrogens with one attached hydrogen (secondary N) is 2.